The highest BCUT2D eigenvalue weighted by atomic mass is 32.2. The molecule has 0 saturated heterocycles. The number of nitrogens with one attached hydrogen (secondary N) is 1. The molecule has 0 amide bonds. The van der Waals surface area contributed by atoms with Crippen LogP contribution in [-0.2, 0) is 10.0 Å². The van der Waals surface area contributed by atoms with Crippen molar-refractivity contribution in [2.45, 2.75) is 24.8 Å². The van der Waals surface area contributed by atoms with Crippen molar-refractivity contribution < 1.29 is 8.42 Å². The Morgan fingerprint density at radius 2 is 1.44 bits per heavy atom. The van der Waals surface area contributed by atoms with E-state index < -0.39 is 16.1 Å². The Labute approximate surface area is 210 Å². The molecule has 0 aliphatic rings. The van der Waals surface area contributed by atoms with Crippen LogP contribution in [0.1, 0.15) is 24.4 Å². The summed E-state index contributed by atoms with van der Waals surface area (Å²) in [6.07, 6.45) is 0. The van der Waals surface area contributed by atoms with E-state index in [9.17, 15) is 13.2 Å². The highest BCUT2D eigenvalue weighted by molar-refractivity contribution is 7.89. The molecule has 6 nitrogen and oxygen atoms in total. The summed E-state index contributed by atoms with van der Waals surface area (Å²) in [4.78, 5) is 18.5. The molecule has 5 aromatic rings. The van der Waals surface area contributed by atoms with E-state index in [0.29, 0.717) is 22.4 Å². The summed E-state index contributed by atoms with van der Waals surface area (Å²) in [5.41, 5.74) is 4.15. The smallest absolute Gasteiger partial charge is 0.266 e. The number of para-hydroxylation sites is 1. The van der Waals surface area contributed by atoms with E-state index in [4.69, 9.17) is 4.98 Å². The molecule has 1 unspecified atom stereocenters. The molecule has 1 heterocycles. The minimum atomic E-state index is -3.83. The number of hydrogen-bond donors (Lipinski definition) is 1. The molecular formula is C29H25N3O3S. The molecule has 5 rings (SSSR count). The first-order valence-corrected chi connectivity index (χ1v) is 13.1. The third-order valence-electron chi connectivity index (χ3n) is 6.16. The van der Waals surface area contributed by atoms with Gasteiger partial charge in [0.25, 0.3) is 5.56 Å². The van der Waals surface area contributed by atoms with E-state index >= 15 is 0 Å². The predicted octanol–water partition coefficient (Wildman–Crippen LogP) is 5.40. The molecular weight excluding hydrogens is 470 g/mol. The molecule has 36 heavy (non-hydrogen) atoms. The van der Waals surface area contributed by atoms with E-state index in [1.54, 1.807) is 49.4 Å². The van der Waals surface area contributed by atoms with Crippen LogP contribution in [0.15, 0.2) is 113 Å². The number of fused-ring (bicyclic) bond motifs is 1. The van der Waals surface area contributed by atoms with E-state index in [0.717, 1.165) is 16.7 Å². The van der Waals surface area contributed by atoms with Crippen LogP contribution in [0.4, 0.5) is 0 Å². The van der Waals surface area contributed by atoms with E-state index in [1.165, 1.54) is 16.7 Å². The molecule has 0 radical (unpaired) electrons. The second-order valence-corrected chi connectivity index (χ2v) is 10.4. The fraction of sp³-hybridized carbons (Fsp3) is 0.103. The highest BCUT2D eigenvalue weighted by Crippen LogP contribution is 2.26. The van der Waals surface area contributed by atoms with Crippen molar-refractivity contribution in [1.82, 2.24) is 14.3 Å². The van der Waals surface area contributed by atoms with Crippen LogP contribution >= 0.6 is 0 Å². The van der Waals surface area contributed by atoms with Crippen molar-refractivity contribution in [2.75, 3.05) is 0 Å². The van der Waals surface area contributed by atoms with Crippen molar-refractivity contribution >= 4 is 20.9 Å². The van der Waals surface area contributed by atoms with Gasteiger partial charge < -0.3 is 0 Å². The van der Waals surface area contributed by atoms with Gasteiger partial charge in [0, 0.05) is 0 Å². The van der Waals surface area contributed by atoms with Gasteiger partial charge in [-0.25, -0.2) is 18.1 Å². The Morgan fingerprint density at radius 1 is 0.806 bits per heavy atom. The van der Waals surface area contributed by atoms with E-state index in [2.05, 4.69) is 23.8 Å². The van der Waals surface area contributed by atoms with Crippen molar-refractivity contribution in [3.63, 3.8) is 0 Å². The summed E-state index contributed by atoms with van der Waals surface area (Å²) in [7, 11) is -3.83. The number of nitrogens with zero attached hydrogens (tertiary/aromatic N) is 2. The normalized spacial score (nSPS) is 12.5. The lowest BCUT2D eigenvalue weighted by Crippen LogP contribution is -2.33. The first-order valence-electron chi connectivity index (χ1n) is 11.6. The van der Waals surface area contributed by atoms with Crippen LogP contribution in [0.5, 0.6) is 0 Å². The number of hydrogen-bond acceptors (Lipinski definition) is 4. The fourth-order valence-electron chi connectivity index (χ4n) is 4.33. The Balaban J connectivity index is 1.62. The number of benzene rings is 4. The summed E-state index contributed by atoms with van der Waals surface area (Å²) >= 11 is 0. The summed E-state index contributed by atoms with van der Waals surface area (Å²) < 4.78 is 30.2. The Kier molecular flexibility index (Phi) is 6.26. The van der Waals surface area contributed by atoms with Gasteiger partial charge in [-0.3, -0.25) is 9.36 Å². The van der Waals surface area contributed by atoms with Crippen molar-refractivity contribution in [3.8, 4) is 16.8 Å². The quantitative estimate of drug-likeness (QED) is 0.342. The minimum absolute atomic E-state index is 0.147. The fourth-order valence-corrected chi connectivity index (χ4v) is 5.55. The van der Waals surface area contributed by atoms with Crippen molar-refractivity contribution in [1.29, 1.82) is 0 Å². The second kappa shape index (κ2) is 9.53. The zero-order valence-corrected chi connectivity index (χ0v) is 20.7. The molecule has 0 bridgehead atoms. The molecule has 0 aliphatic heterocycles. The topological polar surface area (TPSA) is 81.1 Å². The number of aromatic nitrogens is 2. The molecule has 1 N–H and O–H groups in total. The van der Waals surface area contributed by atoms with Gasteiger partial charge in [0.05, 0.1) is 27.5 Å². The zero-order chi connectivity index (χ0) is 25.3. The average Bonchev–Trinajstić information content (AvgIpc) is 2.89. The van der Waals surface area contributed by atoms with Crippen LogP contribution in [0.3, 0.4) is 0 Å². The van der Waals surface area contributed by atoms with Crippen molar-refractivity contribution in [2.24, 2.45) is 0 Å². The monoisotopic (exact) mass is 495 g/mol. The van der Waals surface area contributed by atoms with Gasteiger partial charge in [0.1, 0.15) is 5.82 Å². The predicted molar refractivity (Wildman–Crippen MR) is 143 cm³/mol. The number of aryl methyl sites for hydroxylation is 1. The molecule has 4 aromatic carbocycles. The minimum Gasteiger partial charge on any atom is -0.268 e. The van der Waals surface area contributed by atoms with Crippen LogP contribution in [0, 0.1) is 6.92 Å². The summed E-state index contributed by atoms with van der Waals surface area (Å²) in [5.74, 6) is 0.307. The molecule has 7 heteroatoms. The van der Waals surface area contributed by atoms with Gasteiger partial charge in [-0.1, -0.05) is 66.7 Å². The van der Waals surface area contributed by atoms with Gasteiger partial charge >= 0.3 is 0 Å². The van der Waals surface area contributed by atoms with Gasteiger partial charge in [-0.2, -0.15) is 0 Å². The lowest BCUT2D eigenvalue weighted by Gasteiger charge is -2.20. The third kappa shape index (κ3) is 4.46. The summed E-state index contributed by atoms with van der Waals surface area (Å²) in [6.45, 7) is 3.74. The Morgan fingerprint density at radius 3 is 2.17 bits per heavy atom. The number of sulfonamides is 1. The lowest BCUT2D eigenvalue weighted by atomic mass is 10.0. The highest BCUT2D eigenvalue weighted by Gasteiger charge is 2.23. The maximum atomic E-state index is 13.6. The molecule has 1 atom stereocenters. The molecule has 0 aliphatic carbocycles. The average molecular weight is 496 g/mol. The van der Waals surface area contributed by atoms with Gasteiger partial charge in [-0.05, 0) is 66.9 Å². The summed E-state index contributed by atoms with van der Waals surface area (Å²) in [5, 5.41) is 0.461. The molecule has 1 aromatic heterocycles. The van der Waals surface area contributed by atoms with Gasteiger partial charge in [0.2, 0.25) is 10.0 Å². The first-order chi connectivity index (χ1) is 17.3. The Hall–Kier alpha value is -4.07. The molecule has 0 saturated carbocycles. The first kappa shape index (κ1) is 23.7. The van der Waals surface area contributed by atoms with Crippen molar-refractivity contribution in [3.05, 3.63) is 125 Å². The number of rotatable bonds is 6. The zero-order valence-electron chi connectivity index (χ0n) is 19.9. The molecule has 0 fully saturated rings. The van der Waals surface area contributed by atoms with Crippen LogP contribution in [0.25, 0.3) is 27.7 Å². The molecule has 0 spiro atoms. The van der Waals surface area contributed by atoms with Gasteiger partial charge in [0.15, 0.2) is 0 Å². The van der Waals surface area contributed by atoms with E-state index in [-0.39, 0.29) is 10.5 Å². The summed E-state index contributed by atoms with van der Waals surface area (Å²) in [6, 6.07) is 30.2. The van der Waals surface area contributed by atoms with E-state index in [1.807, 2.05) is 36.4 Å². The second-order valence-electron chi connectivity index (χ2n) is 8.65. The van der Waals surface area contributed by atoms with Gasteiger partial charge in [-0.15, -0.1) is 0 Å². The molecule has 180 valence electrons. The maximum absolute atomic E-state index is 13.6. The maximum Gasteiger partial charge on any atom is 0.266 e. The largest absolute Gasteiger partial charge is 0.268 e. The SMILES string of the molecule is Cc1ccccc1-c1ccc(-n2c(C(C)NS(=O)(=O)c3ccccc3)nc3ccccc3c2=O)cc1. The van der Waals surface area contributed by atoms with Crippen LogP contribution in [-0.4, -0.2) is 18.0 Å². The third-order valence-corrected chi connectivity index (χ3v) is 7.71. The lowest BCUT2D eigenvalue weighted by molar-refractivity contribution is 0.555. The van der Waals surface area contributed by atoms with Crippen LogP contribution < -0.4 is 10.3 Å². The standard InChI is InChI=1S/C29H25N3O3S/c1-20-10-6-7-13-25(20)22-16-18-23(19-17-22)32-28(30-27-15-9-8-14-26(27)29(32)33)21(2)31-36(34,35)24-11-4-3-5-12-24/h3-19,21,31H,1-2H3. The Bertz CT molecular complexity index is 1710. The van der Waals surface area contributed by atoms with Crippen LogP contribution in [0.2, 0.25) is 0 Å².